The molecule has 9 nitrogen and oxygen atoms in total. The van der Waals surface area contributed by atoms with Crippen molar-refractivity contribution in [3.63, 3.8) is 0 Å². The van der Waals surface area contributed by atoms with Gasteiger partial charge < -0.3 is 19.9 Å². The summed E-state index contributed by atoms with van der Waals surface area (Å²) >= 11 is 0. The summed E-state index contributed by atoms with van der Waals surface area (Å²) < 4.78 is 70.7. The lowest BCUT2D eigenvalue weighted by atomic mass is 10.00. The Morgan fingerprint density at radius 1 is 1.06 bits per heavy atom. The third-order valence-electron chi connectivity index (χ3n) is 8.17. The van der Waals surface area contributed by atoms with Gasteiger partial charge >= 0.3 is 6.18 Å². The predicted molar refractivity (Wildman–Crippen MR) is 169 cm³/mol. The van der Waals surface area contributed by atoms with Gasteiger partial charge in [-0.05, 0) is 72.2 Å². The number of guanidine groups is 1. The van der Waals surface area contributed by atoms with E-state index in [1.54, 1.807) is 48.1 Å². The molecule has 2 atom stereocenters. The number of likely N-dealkylation sites (tertiary alicyclic amines) is 1. The number of allylic oxidation sites excluding steroid dienone is 2. The van der Waals surface area contributed by atoms with E-state index in [1.165, 1.54) is 35.2 Å². The van der Waals surface area contributed by atoms with E-state index < -0.39 is 30.8 Å². The Hall–Kier alpha value is -5.40. The highest BCUT2D eigenvalue weighted by Gasteiger charge is 2.34. The van der Waals surface area contributed by atoms with Gasteiger partial charge in [-0.3, -0.25) is 20.0 Å². The van der Waals surface area contributed by atoms with Gasteiger partial charge in [0.15, 0.2) is 6.61 Å². The molecule has 250 valence electrons. The topological polar surface area (TPSA) is 89.5 Å². The van der Waals surface area contributed by atoms with Crippen molar-refractivity contribution in [2.45, 2.75) is 31.4 Å². The van der Waals surface area contributed by atoms with Gasteiger partial charge in [-0.1, -0.05) is 30.3 Å². The van der Waals surface area contributed by atoms with Crippen LogP contribution in [0.3, 0.4) is 0 Å². The largest absolute Gasteiger partial charge is 0.482 e. The number of nitrogens with one attached hydrogen (secondary N) is 2. The van der Waals surface area contributed by atoms with Crippen LogP contribution in [0.15, 0.2) is 90.1 Å². The molecule has 0 bridgehead atoms. The maximum atomic E-state index is 13.3. The molecule has 2 N–H and O–H groups in total. The number of alkyl halides is 4. The number of nitrogens with zero attached hydrogens (tertiary/aromatic N) is 4. The van der Waals surface area contributed by atoms with E-state index in [0.717, 1.165) is 11.1 Å². The molecule has 3 aliphatic rings. The summed E-state index contributed by atoms with van der Waals surface area (Å²) in [6.45, 7) is 0.0125. The summed E-state index contributed by atoms with van der Waals surface area (Å²) in [4.78, 5) is 33.0. The molecule has 0 aromatic heterocycles. The molecule has 2 fully saturated rings. The Morgan fingerprint density at radius 3 is 2.44 bits per heavy atom. The number of rotatable bonds is 8. The number of carbonyl (C=O) groups excluding carboxylic acids is 2. The van der Waals surface area contributed by atoms with Crippen molar-refractivity contribution >= 4 is 34.7 Å². The van der Waals surface area contributed by atoms with E-state index in [4.69, 9.17) is 4.74 Å². The molecule has 2 amide bonds. The third-order valence-corrected chi connectivity index (χ3v) is 8.17. The highest BCUT2D eigenvalue weighted by Crippen LogP contribution is 2.34. The molecule has 0 aliphatic carbocycles. The zero-order valence-corrected chi connectivity index (χ0v) is 25.8. The van der Waals surface area contributed by atoms with Crippen LogP contribution in [-0.4, -0.2) is 77.8 Å². The van der Waals surface area contributed by atoms with Crippen molar-refractivity contribution in [3.8, 4) is 5.75 Å². The molecule has 1 unspecified atom stereocenters. The van der Waals surface area contributed by atoms with Gasteiger partial charge in [0, 0.05) is 24.5 Å². The first-order valence-electron chi connectivity index (χ1n) is 15.0. The summed E-state index contributed by atoms with van der Waals surface area (Å²) in [6.07, 6.45) is -0.365. The van der Waals surface area contributed by atoms with Crippen molar-refractivity contribution in [1.82, 2.24) is 20.2 Å². The van der Waals surface area contributed by atoms with Crippen LogP contribution >= 0.6 is 0 Å². The van der Waals surface area contributed by atoms with Gasteiger partial charge in [-0.15, -0.1) is 0 Å². The van der Waals surface area contributed by atoms with E-state index in [2.05, 4.69) is 15.7 Å². The van der Waals surface area contributed by atoms with E-state index in [-0.39, 0.29) is 48.0 Å². The van der Waals surface area contributed by atoms with Gasteiger partial charge in [0.1, 0.15) is 29.6 Å². The normalized spacial score (nSPS) is 19.0. The standard InChI is InChI=1S/C34H31F5N6O3/c1-20(21-3-9-25(35)10-4-21)31(46)40-27-11-5-22(6-12-27)24-8-14-30-43(2)33(42-45(30)16-24)41-28-13-7-23(32(47)44-17-26(36)18-44)15-29(28)48-19-34(37,38)39/h3-16,20,26,30H,17-19H2,1-2H3,(H,40,46)(H,41,42)/t20-,30?/m1/s1. The van der Waals surface area contributed by atoms with Crippen LogP contribution in [0, 0.1) is 5.82 Å². The van der Waals surface area contributed by atoms with Gasteiger partial charge in [0.2, 0.25) is 11.9 Å². The SMILES string of the molecule is C[C@@H](C(=O)Nc1ccc(C2=CN3NC(=Nc4ccc(C(=O)N5CC(F)C5)cc4OCC(F)(F)F)N(C)C3C=C2)cc1)c1ccc(F)cc1. The highest BCUT2D eigenvalue weighted by atomic mass is 19.4. The Morgan fingerprint density at radius 2 is 1.77 bits per heavy atom. The Kier molecular flexibility index (Phi) is 8.82. The Bertz CT molecular complexity index is 1790. The number of ether oxygens (including phenoxy) is 1. The van der Waals surface area contributed by atoms with Crippen LogP contribution < -0.4 is 15.5 Å². The smallest absolute Gasteiger partial charge is 0.422 e. The number of fused-ring (bicyclic) bond motifs is 1. The molecule has 0 radical (unpaired) electrons. The summed E-state index contributed by atoms with van der Waals surface area (Å²) in [7, 11) is 1.76. The maximum Gasteiger partial charge on any atom is 0.422 e. The van der Waals surface area contributed by atoms with Crippen LogP contribution in [0.2, 0.25) is 0 Å². The number of halogens is 5. The number of hydrogen-bond donors (Lipinski definition) is 2. The lowest BCUT2D eigenvalue weighted by molar-refractivity contribution is -0.153. The fourth-order valence-corrected chi connectivity index (χ4v) is 5.36. The average Bonchev–Trinajstić information content (AvgIpc) is 3.36. The number of aliphatic imine (C=N–C) groups is 1. The molecular weight excluding hydrogens is 635 g/mol. The minimum absolute atomic E-state index is 0.0662. The minimum atomic E-state index is -4.62. The molecule has 48 heavy (non-hydrogen) atoms. The maximum absolute atomic E-state index is 13.3. The fraction of sp³-hybridized carbons (Fsp3) is 0.265. The molecule has 3 aromatic carbocycles. The quantitative estimate of drug-likeness (QED) is 0.288. The van der Waals surface area contributed by atoms with Crippen molar-refractivity contribution in [2.75, 3.05) is 32.1 Å². The van der Waals surface area contributed by atoms with E-state index in [1.807, 2.05) is 30.5 Å². The zero-order valence-electron chi connectivity index (χ0n) is 25.8. The fourth-order valence-electron chi connectivity index (χ4n) is 5.36. The third kappa shape index (κ3) is 7.11. The summed E-state index contributed by atoms with van der Waals surface area (Å²) in [5.41, 5.74) is 6.26. The van der Waals surface area contributed by atoms with Crippen molar-refractivity contribution in [3.05, 3.63) is 108 Å². The Balaban J connectivity index is 1.16. The van der Waals surface area contributed by atoms with E-state index >= 15 is 0 Å². The molecule has 3 aliphatic heterocycles. The first-order valence-corrected chi connectivity index (χ1v) is 15.0. The second kappa shape index (κ2) is 13.0. The lowest BCUT2D eigenvalue weighted by Gasteiger charge is -2.34. The lowest BCUT2D eigenvalue weighted by Crippen LogP contribution is -2.51. The molecule has 6 rings (SSSR count). The second-order valence-corrected chi connectivity index (χ2v) is 11.7. The molecule has 2 saturated heterocycles. The molecule has 3 aromatic rings. The van der Waals surface area contributed by atoms with Gasteiger partial charge in [-0.25, -0.2) is 13.8 Å². The number of hydrogen-bond acceptors (Lipinski definition) is 5. The van der Waals surface area contributed by atoms with E-state index in [0.29, 0.717) is 17.2 Å². The number of benzene rings is 3. The minimum Gasteiger partial charge on any atom is -0.482 e. The second-order valence-electron chi connectivity index (χ2n) is 11.7. The van der Waals surface area contributed by atoms with Gasteiger partial charge in [-0.2, -0.15) is 13.2 Å². The monoisotopic (exact) mass is 666 g/mol. The number of likely N-dealkylation sites (N-methyl/N-ethyl adjacent to an activating group) is 1. The van der Waals surface area contributed by atoms with Crippen molar-refractivity contribution < 1.29 is 36.3 Å². The van der Waals surface area contributed by atoms with Crippen LogP contribution in [0.4, 0.5) is 33.3 Å². The predicted octanol–water partition coefficient (Wildman–Crippen LogP) is 5.98. The van der Waals surface area contributed by atoms with E-state index in [9.17, 15) is 31.5 Å². The first kappa shape index (κ1) is 32.5. The molecule has 14 heteroatoms. The summed E-state index contributed by atoms with van der Waals surface area (Å²) in [5.74, 6) is -1.52. The van der Waals surface area contributed by atoms with Gasteiger partial charge in [0.25, 0.3) is 5.91 Å². The highest BCUT2D eigenvalue weighted by molar-refractivity contribution is 5.97. The van der Waals surface area contributed by atoms with Gasteiger partial charge in [0.05, 0.1) is 19.0 Å². The van der Waals surface area contributed by atoms with Crippen LogP contribution in [-0.2, 0) is 4.79 Å². The molecular formula is C34H31F5N6O3. The van der Waals surface area contributed by atoms with Crippen molar-refractivity contribution in [2.24, 2.45) is 4.99 Å². The first-order chi connectivity index (χ1) is 22.8. The van der Waals surface area contributed by atoms with Crippen LogP contribution in [0.25, 0.3) is 5.57 Å². The summed E-state index contributed by atoms with van der Waals surface area (Å²) in [6, 6.07) is 17.0. The van der Waals surface area contributed by atoms with Crippen LogP contribution in [0.5, 0.6) is 5.75 Å². The number of amides is 2. The average molecular weight is 667 g/mol. The van der Waals surface area contributed by atoms with Crippen molar-refractivity contribution in [1.29, 1.82) is 0 Å². The molecule has 0 saturated carbocycles. The molecule has 0 spiro atoms. The summed E-state index contributed by atoms with van der Waals surface area (Å²) in [5, 5.41) is 4.65. The number of hydrazine groups is 1. The van der Waals surface area contributed by atoms with Crippen LogP contribution in [0.1, 0.15) is 34.3 Å². The molecule has 3 heterocycles. The number of carbonyl (C=O) groups is 2. The number of anilines is 1. The Labute approximate surface area is 272 Å². The zero-order chi connectivity index (χ0) is 34.2.